The number of nitrogens with zero attached hydrogens (tertiary/aromatic N) is 3. The quantitative estimate of drug-likeness (QED) is 0.741. The molecule has 5 heteroatoms. The molecule has 3 rings (SSSR count). The molecule has 0 spiro atoms. The second kappa shape index (κ2) is 4.29. The molecule has 0 atom stereocenters. The van der Waals surface area contributed by atoms with Crippen LogP contribution in [0.1, 0.15) is 0 Å². The fraction of sp³-hybridized carbons (Fsp3) is 0. The van der Waals surface area contributed by atoms with Gasteiger partial charge in [-0.3, -0.25) is 0 Å². The molecular weight excluding hydrogens is 228 g/mol. The van der Waals surface area contributed by atoms with Crippen LogP contribution < -0.4 is 5.73 Å². The fourth-order valence-electron chi connectivity index (χ4n) is 1.80. The van der Waals surface area contributed by atoms with Crippen LogP contribution in [-0.2, 0) is 0 Å². The Morgan fingerprint density at radius 3 is 2.39 bits per heavy atom. The Bertz CT molecular complexity index is 649. The number of benzene rings is 1. The molecule has 0 amide bonds. The van der Waals surface area contributed by atoms with Crippen molar-refractivity contribution >= 4 is 5.82 Å². The summed E-state index contributed by atoms with van der Waals surface area (Å²) >= 11 is 0. The Morgan fingerprint density at radius 1 is 0.944 bits per heavy atom. The Morgan fingerprint density at radius 2 is 1.67 bits per heavy atom. The summed E-state index contributed by atoms with van der Waals surface area (Å²) < 4.78 is 5.28. The lowest BCUT2D eigenvalue weighted by atomic mass is 10.0. The van der Waals surface area contributed by atoms with E-state index >= 15 is 0 Å². The van der Waals surface area contributed by atoms with Crippen molar-refractivity contribution in [3.8, 4) is 22.5 Å². The summed E-state index contributed by atoms with van der Waals surface area (Å²) in [5.41, 5.74) is 8.34. The molecule has 0 bridgehead atoms. The molecule has 2 aromatic heterocycles. The minimum atomic E-state index is 0.361. The Kier molecular flexibility index (Phi) is 2.49. The molecular formula is C13H10N4O. The first-order chi connectivity index (χ1) is 8.86. The van der Waals surface area contributed by atoms with Gasteiger partial charge in [-0.05, 0) is 5.56 Å². The highest BCUT2D eigenvalue weighted by Crippen LogP contribution is 2.35. The second-order valence-electron chi connectivity index (χ2n) is 3.77. The molecule has 0 saturated carbocycles. The lowest BCUT2D eigenvalue weighted by Gasteiger charge is -2.01. The van der Waals surface area contributed by atoms with Crippen LogP contribution in [0.2, 0.25) is 0 Å². The maximum absolute atomic E-state index is 5.87. The number of anilines is 1. The molecule has 1 aromatic carbocycles. The number of hydrogen-bond donors (Lipinski definition) is 1. The third-order valence-electron chi connectivity index (χ3n) is 2.60. The van der Waals surface area contributed by atoms with Crippen molar-refractivity contribution in [3.05, 3.63) is 49.1 Å². The van der Waals surface area contributed by atoms with E-state index in [-0.39, 0.29) is 0 Å². The first-order valence-electron chi connectivity index (χ1n) is 5.42. The van der Waals surface area contributed by atoms with Crippen molar-refractivity contribution < 1.29 is 4.52 Å². The number of rotatable bonds is 2. The van der Waals surface area contributed by atoms with Crippen LogP contribution in [-0.4, -0.2) is 15.1 Å². The molecule has 2 N–H and O–H groups in total. The van der Waals surface area contributed by atoms with Gasteiger partial charge in [-0.1, -0.05) is 35.5 Å². The van der Waals surface area contributed by atoms with Crippen LogP contribution in [0.3, 0.4) is 0 Å². The van der Waals surface area contributed by atoms with Crippen LogP contribution >= 0.6 is 0 Å². The summed E-state index contributed by atoms with van der Waals surface area (Å²) in [6, 6.07) is 9.73. The SMILES string of the molecule is Nc1noc(-c2cncnc2)c1-c1ccccc1. The molecule has 0 aliphatic heterocycles. The van der Waals surface area contributed by atoms with E-state index in [1.807, 2.05) is 30.3 Å². The van der Waals surface area contributed by atoms with E-state index in [9.17, 15) is 0 Å². The third kappa shape index (κ3) is 1.71. The molecule has 0 saturated heterocycles. The van der Waals surface area contributed by atoms with Crippen LogP contribution in [0.25, 0.3) is 22.5 Å². The second-order valence-corrected chi connectivity index (χ2v) is 3.77. The lowest BCUT2D eigenvalue weighted by Crippen LogP contribution is -1.89. The predicted octanol–water partition coefficient (Wildman–Crippen LogP) is 2.38. The molecule has 0 radical (unpaired) electrons. The first kappa shape index (κ1) is 10.5. The summed E-state index contributed by atoms with van der Waals surface area (Å²) in [5.74, 6) is 0.944. The fourth-order valence-corrected chi connectivity index (χ4v) is 1.80. The molecule has 3 aromatic rings. The topological polar surface area (TPSA) is 77.8 Å². The van der Waals surface area contributed by atoms with Gasteiger partial charge in [0.1, 0.15) is 6.33 Å². The maximum Gasteiger partial charge on any atom is 0.180 e. The van der Waals surface area contributed by atoms with Gasteiger partial charge < -0.3 is 10.3 Å². The van der Waals surface area contributed by atoms with Gasteiger partial charge >= 0.3 is 0 Å². The Balaban J connectivity index is 2.19. The van der Waals surface area contributed by atoms with Crippen molar-refractivity contribution in [2.24, 2.45) is 0 Å². The molecule has 2 heterocycles. The largest absolute Gasteiger partial charge is 0.380 e. The smallest absolute Gasteiger partial charge is 0.180 e. The van der Waals surface area contributed by atoms with Gasteiger partial charge in [0.15, 0.2) is 11.6 Å². The van der Waals surface area contributed by atoms with E-state index in [1.54, 1.807) is 12.4 Å². The summed E-state index contributed by atoms with van der Waals surface area (Å²) in [6.07, 6.45) is 4.80. The van der Waals surface area contributed by atoms with Crippen LogP contribution in [0, 0.1) is 0 Å². The standard InChI is InChI=1S/C13H10N4O/c14-13-11(9-4-2-1-3-5-9)12(18-17-13)10-6-15-8-16-7-10/h1-8H,(H2,14,17). The highest BCUT2D eigenvalue weighted by molar-refractivity contribution is 5.85. The van der Waals surface area contributed by atoms with Crippen molar-refractivity contribution in [1.82, 2.24) is 15.1 Å². The van der Waals surface area contributed by atoms with Gasteiger partial charge in [0, 0.05) is 12.4 Å². The van der Waals surface area contributed by atoms with Gasteiger partial charge in [0.2, 0.25) is 0 Å². The highest BCUT2D eigenvalue weighted by Gasteiger charge is 2.17. The summed E-state index contributed by atoms with van der Waals surface area (Å²) in [7, 11) is 0. The van der Waals surface area contributed by atoms with Gasteiger partial charge in [-0.25, -0.2) is 9.97 Å². The molecule has 0 aliphatic rings. The number of nitrogens with two attached hydrogens (primary N) is 1. The van der Waals surface area contributed by atoms with Crippen molar-refractivity contribution in [2.45, 2.75) is 0 Å². The zero-order chi connectivity index (χ0) is 12.4. The highest BCUT2D eigenvalue weighted by atomic mass is 16.5. The van der Waals surface area contributed by atoms with E-state index in [0.29, 0.717) is 11.6 Å². The van der Waals surface area contributed by atoms with E-state index < -0.39 is 0 Å². The molecule has 88 valence electrons. The van der Waals surface area contributed by atoms with E-state index in [4.69, 9.17) is 10.3 Å². The summed E-state index contributed by atoms with van der Waals surface area (Å²) in [5, 5.41) is 3.82. The van der Waals surface area contributed by atoms with Gasteiger partial charge in [-0.15, -0.1) is 0 Å². The van der Waals surface area contributed by atoms with Crippen LogP contribution in [0.15, 0.2) is 53.6 Å². The zero-order valence-electron chi connectivity index (χ0n) is 9.45. The minimum absolute atomic E-state index is 0.361. The lowest BCUT2D eigenvalue weighted by molar-refractivity contribution is 0.436. The summed E-state index contributed by atoms with van der Waals surface area (Å²) in [6.45, 7) is 0. The van der Waals surface area contributed by atoms with Gasteiger partial charge in [0.25, 0.3) is 0 Å². The van der Waals surface area contributed by atoms with Crippen LogP contribution in [0.4, 0.5) is 5.82 Å². The van der Waals surface area contributed by atoms with Crippen LogP contribution in [0.5, 0.6) is 0 Å². The number of hydrogen-bond acceptors (Lipinski definition) is 5. The predicted molar refractivity (Wildman–Crippen MR) is 67.4 cm³/mol. The maximum atomic E-state index is 5.87. The van der Waals surface area contributed by atoms with Gasteiger partial charge in [-0.2, -0.15) is 0 Å². The average Bonchev–Trinajstić information content (AvgIpc) is 2.83. The van der Waals surface area contributed by atoms with Crippen molar-refractivity contribution in [3.63, 3.8) is 0 Å². The average molecular weight is 238 g/mol. The monoisotopic (exact) mass is 238 g/mol. The minimum Gasteiger partial charge on any atom is -0.380 e. The van der Waals surface area contributed by atoms with E-state index in [2.05, 4.69) is 15.1 Å². The van der Waals surface area contributed by atoms with Crippen molar-refractivity contribution in [2.75, 3.05) is 5.73 Å². The van der Waals surface area contributed by atoms with E-state index in [0.717, 1.165) is 16.7 Å². The summed E-state index contributed by atoms with van der Waals surface area (Å²) in [4.78, 5) is 7.93. The van der Waals surface area contributed by atoms with Gasteiger partial charge in [0.05, 0.1) is 11.1 Å². The molecule has 0 unspecified atom stereocenters. The molecule has 0 fully saturated rings. The van der Waals surface area contributed by atoms with E-state index in [1.165, 1.54) is 6.33 Å². The third-order valence-corrected chi connectivity index (χ3v) is 2.60. The number of aromatic nitrogens is 3. The molecule has 18 heavy (non-hydrogen) atoms. The normalized spacial score (nSPS) is 10.4. The Hall–Kier alpha value is -2.69. The molecule has 5 nitrogen and oxygen atoms in total. The number of nitrogen functional groups attached to an aromatic ring is 1. The first-order valence-corrected chi connectivity index (χ1v) is 5.42. The zero-order valence-corrected chi connectivity index (χ0v) is 9.45. The Labute approximate surface area is 103 Å². The molecule has 0 aliphatic carbocycles. The van der Waals surface area contributed by atoms with Crippen molar-refractivity contribution in [1.29, 1.82) is 0 Å².